The number of benzene rings is 1. The number of aliphatic hydroxyl groups is 1. The molecule has 0 unspecified atom stereocenters. The molecule has 0 bridgehead atoms. The quantitative estimate of drug-likeness (QED) is 0.634. The fourth-order valence-electron chi connectivity index (χ4n) is 1.81. The Morgan fingerprint density at radius 2 is 2.19 bits per heavy atom. The predicted octanol–water partition coefficient (Wildman–Crippen LogP) is 2.26. The van der Waals surface area contributed by atoms with Crippen molar-refractivity contribution < 1.29 is 5.11 Å². The van der Waals surface area contributed by atoms with Crippen molar-refractivity contribution in [1.82, 2.24) is 15.0 Å². The van der Waals surface area contributed by atoms with E-state index in [1.54, 1.807) is 0 Å². The molecule has 3 rings (SSSR count). The van der Waals surface area contributed by atoms with Crippen LogP contribution in [0.3, 0.4) is 0 Å². The number of halogens is 1. The molecule has 0 aliphatic rings. The lowest BCUT2D eigenvalue weighted by molar-refractivity contribution is 0.282. The van der Waals surface area contributed by atoms with Gasteiger partial charge in [0, 0.05) is 10.9 Å². The monoisotopic (exact) mass is 233 g/mol. The average molecular weight is 234 g/mol. The van der Waals surface area contributed by atoms with E-state index in [1.807, 2.05) is 18.2 Å². The SMILES string of the molecule is OCc1ccc2[nH]c3c(Cl)ncnc3c2c1. The minimum absolute atomic E-state index is 0.0153. The van der Waals surface area contributed by atoms with Gasteiger partial charge in [0.15, 0.2) is 5.15 Å². The van der Waals surface area contributed by atoms with E-state index in [1.165, 1.54) is 6.33 Å². The summed E-state index contributed by atoms with van der Waals surface area (Å²) in [7, 11) is 0. The normalized spacial score (nSPS) is 11.4. The second kappa shape index (κ2) is 3.43. The van der Waals surface area contributed by atoms with E-state index in [0.717, 1.165) is 27.5 Å². The summed E-state index contributed by atoms with van der Waals surface area (Å²) in [6.07, 6.45) is 1.43. The number of hydrogen-bond acceptors (Lipinski definition) is 3. The highest BCUT2D eigenvalue weighted by atomic mass is 35.5. The third-order valence-electron chi connectivity index (χ3n) is 2.58. The Morgan fingerprint density at radius 3 is 3.00 bits per heavy atom. The molecule has 2 heterocycles. The van der Waals surface area contributed by atoms with Crippen LogP contribution in [0.2, 0.25) is 5.15 Å². The molecule has 0 amide bonds. The van der Waals surface area contributed by atoms with Gasteiger partial charge in [-0.3, -0.25) is 0 Å². The standard InChI is InChI=1S/C11H8ClN3O/c12-11-10-9(13-5-14-11)7-3-6(4-16)1-2-8(7)15-10/h1-3,5,15-16H,4H2. The first-order valence-electron chi connectivity index (χ1n) is 4.81. The molecule has 5 heteroatoms. The second-order valence-electron chi connectivity index (χ2n) is 3.55. The Hall–Kier alpha value is -1.65. The third kappa shape index (κ3) is 1.27. The van der Waals surface area contributed by atoms with E-state index in [0.29, 0.717) is 5.15 Å². The van der Waals surface area contributed by atoms with Crippen molar-refractivity contribution in [2.24, 2.45) is 0 Å². The molecular weight excluding hydrogens is 226 g/mol. The minimum atomic E-state index is 0.0153. The Kier molecular flexibility index (Phi) is 2.05. The number of hydrogen-bond donors (Lipinski definition) is 2. The fraction of sp³-hybridized carbons (Fsp3) is 0.0909. The molecular formula is C11H8ClN3O. The highest BCUT2D eigenvalue weighted by Crippen LogP contribution is 2.27. The van der Waals surface area contributed by atoms with Crippen molar-refractivity contribution in [1.29, 1.82) is 0 Å². The van der Waals surface area contributed by atoms with Crippen LogP contribution < -0.4 is 0 Å². The number of rotatable bonds is 1. The van der Waals surface area contributed by atoms with Crippen molar-refractivity contribution in [3.05, 3.63) is 35.2 Å². The lowest BCUT2D eigenvalue weighted by Gasteiger charge is -1.95. The molecule has 3 aromatic rings. The van der Waals surface area contributed by atoms with Gasteiger partial charge in [0.05, 0.1) is 6.61 Å². The Labute approximate surface area is 95.9 Å². The highest BCUT2D eigenvalue weighted by molar-refractivity contribution is 6.34. The molecule has 16 heavy (non-hydrogen) atoms. The number of nitrogens with one attached hydrogen (secondary N) is 1. The van der Waals surface area contributed by atoms with E-state index in [4.69, 9.17) is 16.7 Å². The summed E-state index contributed by atoms with van der Waals surface area (Å²) < 4.78 is 0. The Balaban J connectivity index is 2.47. The topological polar surface area (TPSA) is 61.8 Å². The van der Waals surface area contributed by atoms with E-state index < -0.39 is 0 Å². The zero-order valence-corrected chi connectivity index (χ0v) is 8.99. The van der Waals surface area contributed by atoms with Crippen molar-refractivity contribution >= 4 is 33.5 Å². The maximum atomic E-state index is 9.09. The van der Waals surface area contributed by atoms with Gasteiger partial charge in [-0.1, -0.05) is 17.7 Å². The van der Waals surface area contributed by atoms with E-state index in [-0.39, 0.29) is 6.61 Å². The van der Waals surface area contributed by atoms with Crippen LogP contribution in [0.4, 0.5) is 0 Å². The molecule has 0 saturated heterocycles. The van der Waals surface area contributed by atoms with E-state index in [2.05, 4.69) is 15.0 Å². The van der Waals surface area contributed by atoms with E-state index in [9.17, 15) is 0 Å². The average Bonchev–Trinajstić information content (AvgIpc) is 2.68. The highest BCUT2D eigenvalue weighted by Gasteiger charge is 2.09. The first kappa shape index (κ1) is 9.57. The molecule has 0 atom stereocenters. The van der Waals surface area contributed by atoms with Crippen molar-refractivity contribution in [3.8, 4) is 0 Å². The van der Waals surface area contributed by atoms with E-state index >= 15 is 0 Å². The molecule has 0 saturated carbocycles. The van der Waals surface area contributed by atoms with Crippen molar-refractivity contribution in [2.45, 2.75) is 6.61 Å². The lowest BCUT2D eigenvalue weighted by Crippen LogP contribution is -1.82. The van der Waals surface area contributed by atoms with Gasteiger partial charge in [-0.2, -0.15) is 0 Å². The van der Waals surface area contributed by atoms with Crippen LogP contribution in [0.15, 0.2) is 24.5 Å². The van der Waals surface area contributed by atoms with Crippen LogP contribution in [0, 0.1) is 0 Å². The lowest BCUT2D eigenvalue weighted by atomic mass is 10.1. The molecule has 4 nitrogen and oxygen atoms in total. The van der Waals surface area contributed by atoms with Gasteiger partial charge in [-0.25, -0.2) is 9.97 Å². The first-order valence-corrected chi connectivity index (χ1v) is 5.19. The number of aliphatic hydroxyl groups excluding tert-OH is 1. The summed E-state index contributed by atoms with van der Waals surface area (Å²) in [5, 5.41) is 10.5. The van der Waals surface area contributed by atoms with Gasteiger partial charge in [0.2, 0.25) is 0 Å². The minimum Gasteiger partial charge on any atom is -0.392 e. The van der Waals surface area contributed by atoms with Gasteiger partial charge >= 0.3 is 0 Å². The van der Waals surface area contributed by atoms with Crippen molar-refractivity contribution in [3.63, 3.8) is 0 Å². The molecule has 2 aromatic heterocycles. The van der Waals surface area contributed by atoms with Gasteiger partial charge in [-0.15, -0.1) is 0 Å². The number of aromatic amines is 1. The summed E-state index contributed by atoms with van der Waals surface area (Å²) in [5.41, 5.74) is 3.30. The molecule has 2 N–H and O–H groups in total. The smallest absolute Gasteiger partial charge is 0.156 e. The number of nitrogens with zero attached hydrogens (tertiary/aromatic N) is 2. The molecule has 0 aliphatic heterocycles. The molecule has 0 fully saturated rings. The summed E-state index contributed by atoms with van der Waals surface area (Å²) in [5.74, 6) is 0. The summed E-state index contributed by atoms with van der Waals surface area (Å²) in [4.78, 5) is 11.3. The fourth-order valence-corrected chi connectivity index (χ4v) is 1.99. The summed E-state index contributed by atoms with van der Waals surface area (Å²) >= 11 is 5.97. The van der Waals surface area contributed by atoms with Gasteiger partial charge in [-0.05, 0) is 17.7 Å². The zero-order chi connectivity index (χ0) is 11.1. The molecule has 0 aliphatic carbocycles. The molecule has 0 spiro atoms. The Bertz CT molecular complexity index is 677. The van der Waals surface area contributed by atoms with Crippen LogP contribution in [0.25, 0.3) is 21.9 Å². The molecule has 80 valence electrons. The third-order valence-corrected chi connectivity index (χ3v) is 2.87. The van der Waals surface area contributed by atoms with Crippen molar-refractivity contribution in [2.75, 3.05) is 0 Å². The number of H-pyrrole nitrogens is 1. The molecule has 0 radical (unpaired) electrons. The van der Waals surface area contributed by atoms with Gasteiger partial charge in [0.25, 0.3) is 0 Å². The maximum absolute atomic E-state index is 9.09. The Morgan fingerprint density at radius 1 is 1.31 bits per heavy atom. The van der Waals surface area contributed by atoms with Crippen LogP contribution in [-0.4, -0.2) is 20.1 Å². The predicted molar refractivity (Wildman–Crippen MR) is 62.3 cm³/mol. The molecule has 1 aromatic carbocycles. The van der Waals surface area contributed by atoms with Crippen LogP contribution in [0.1, 0.15) is 5.56 Å². The van der Waals surface area contributed by atoms with Gasteiger partial charge < -0.3 is 10.1 Å². The maximum Gasteiger partial charge on any atom is 0.156 e. The van der Waals surface area contributed by atoms with Crippen LogP contribution >= 0.6 is 11.6 Å². The van der Waals surface area contributed by atoms with Crippen LogP contribution in [-0.2, 0) is 6.61 Å². The summed E-state index contributed by atoms with van der Waals surface area (Å²) in [6.45, 7) is 0.0153. The largest absolute Gasteiger partial charge is 0.392 e. The van der Waals surface area contributed by atoms with Gasteiger partial charge in [0.1, 0.15) is 17.4 Å². The zero-order valence-electron chi connectivity index (χ0n) is 8.24. The summed E-state index contributed by atoms with van der Waals surface area (Å²) in [6, 6.07) is 5.66. The number of fused-ring (bicyclic) bond motifs is 3. The number of aromatic nitrogens is 3. The van der Waals surface area contributed by atoms with Crippen LogP contribution in [0.5, 0.6) is 0 Å². The first-order chi connectivity index (χ1) is 7.79. The second-order valence-corrected chi connectivity index (χ2v) is 3.91.